The predicted molar refractivity (Wildman–Crippen MR) is 107 cm³/mol. The van der Waals surface area contributed by atoms with Crippen molar-refractivity contribution in [3.8, 4) is 11.8 Å². The average Bonchev–Trinajstić information content (AvgIpc) is 2.68. The highest BCUT2D eigenvalue weighted by Crippen LogP contribution is 2.19. The van der Waals surface area contributed by atoms with Gasteiger partial charge in [-0.2, -0.15) is 5.26 Å². The molecule has 0 N–H and O–H groups in total. The lowest BCUT2D eigenvalue weighted by Gasteiger charge is -2.15. The monoisotopic (exact) mass is 377 g/mol. The summed E-state index contributed by atoms with van der Waals surface area (Å²) in [5.41, 5.74) is 3.89. The average molecular weight is 377 g/mol. The van der Waals surface area contributed by atoms with Gasteiger partial charge in [0.15, 0.2) is 6.10 Å². The molecule has 0 aliphatic rings. The minimum Gasteiger partial charge on any atom is -0.497 e. The van der Waals surface area contributed by atoms with Crippen LogP contribution >= 0.6 is 0 Å². The Bertz CT molecular complexity index is 965. The van der Waals surface area contributed by atoms with E-state index in [2.05, 4.69) is 0 Å². The SMILES string of the molecule is COc1ccc(/C=C(\C#N)C(=O)O[C@H](C)C(=O)c2cc(C)c(C)cc2C)cc1. The van der Waals surface area contributed by atoms with Gasteiger partial charge in [-0.25, -0.2) is 4.79 Å². The molecule has 2 aromatic rings. The largest absolute Gasteiger partial charge is 0.497 e. The van der Waals surface area contributed by atoms with E-state index in [9.17, 15) is 14.9 Å². The number of ether oxygens (including phenoxy) is 2. The van der Waals surface area contributed by atoms with Crippen LogP contribution in [0.1, 0.15) is 39.5 Å². The zero-order chi connectivity index (χ0) is 20.8. The molecular formula is C23H23NO4. The number of carbonyl (C=O) groups excluding carboxylic acids is 2. The van der Waals surface area contributed by atoms with Crippen molar-refractivity contribution >= 4 is 17.8 Å². The summed E-state index contributed by atoms with van der Waals surface area (Å²) >= 11 is 0. The summed E-state index contributed by atoms with van der Waals surface area (Å²) in [6, 6.07) is 12.5. The van der Waals surface area contributed by atoms with Crippen molar-refractivity contribution < 1.29 is 19.1 Å². The van der Waals surface area contributed by atoms with Crippen molar-refractivity contribution in [2.75, 3.05) is 7.11 Å². The quantitative estimate of drug-likeness (QED) is 0.324. The number of rotatable bonds is 6. The third-order valence-corrected chi connectivity index (χ3v) is 4.53. The summed E-state index contributed by atoms with van der Waals surface area (Å²) in [4.78, 5) is 25.1. The van der Waals surface area contributed by atoms with Crippen LogP contribution in [0.4, 0.5) is 0 Å². The molecule has 5 nitrogen and oxygen atoms in total. The zero-order valence-corrected chi connectivity index (χ0v) is 16.7. The molecule has 0 aromatic heterocycles. The summed E-state index contributed by atoms with van der Waals surface area (Å²) in [5.74, 6) is -0.461. The zero-order valence-electron chi connectivity index (χ0n) is 16.7. The number of nitrogens with zero attached hydrogens (tertiary/aromatic N) is 1. The van der Waals surface area contributed by atoms with Crippen LogP contribution in [0.5, 0.6) is 5.75 Å². The Morgan fingerprint density at radius 2 is 1.64 bits per heavy atom. The first-order chi connectivity index (χ1) is 13.3. The molecule has 1 atom stereocenters. The van der Waals surface area contributed by atoms with Crippen molar-refractivity contribution in [3.05, 3.63) is 69.8 Å². The van der Waals surface area contributed by atoms with Crippen LogP contribution in [-0.2, 0) is 9.53 Å². The molecule has 0 saturated carbocycles. The lowest BCUT2D eigenvalue weighted by Crippen LogP contribution is -2.25. The van der Waals surface area contributed by atoms with E-state index in [1.807, 2.05) is 32.9 Å². The Balaban J connectivity index is 2.17. The minimum atomic E-state index is -0.999. The number of methoxy groups -OCH3 is 1. The molecule has 0 bridgehead atoms. The molecular weight excluding hydrogens is 354 g/mol. The smallest absolute Gasteiger partial charge is 0.349 e. The van der Waals surface area contributed by atoms with Gasteiger partial charge in [-0.15, -0.1) is 0 Å². The van der Waals surface area contributed by atoms with Crippen molar-refractivity contribution in [3.63, 3.8) is 0 Å². The summed E-state index contributed by atoms with van der Waals surface area (Å²) in [7, 11) is 1.55. The van der Waals surface area contributed by atoms with Gasteiger partial charge in [0.25, 0.3) is 0 Å². The third-order valence-electron chi connectivity index (χ3n) is 4.53. The van der Waals surface area contributed by atoms with Crippen LogP contribution < -0.4 is 4.74 Å². The molecule has 2 aromatic carbocycles. The number of Topliss-reactive ketones (excluding diaryl/α,β-unsaturated/α-hetero) is 1. The van der Waals surface area contributed by atoms with Gasteiger partial charge in [-0.1, -0.05) is 18.2 Å². The number of nitriles is 1. The Morgan fingerprint density at radius 1 is 1.04 bits per heavy atom. The fourth-order valence-corrected chi connectivity index (χ4v) is 2.73. The van der Waals surface area contributed by atoms with Crippen LogP contribution in [0.25, 0.3) is 6.08 Å². The first-order valence-electron chi connectivity index (χ1n) is 8.85. The van der Waals surface area contributed by atoms with E-state index in [1.54, 1.807) is 37.4 Å². The molecule has 0 spiro atoms. The van der Waals surface area contributed by atoms with Gasteiger partial charge in [0.1, 0.15) is 17.4 Å². The second-order valence-electron chi connectivity index (χ2n) is 6.61. The van der Waals surface area contributed by atoms with Gasteiger partial charge in [0.05, 0.1) is 7.11 Å². The van der Waals surface area contributed by atoms with Crippen LogP contribution in [0.2, 0.25) is 0 Å². The van der Waals surface area contributed by atoms with Gasteiger partial charge in [0.2, 0.25) is 5.78 Å². The lowest BCUT2D eigenvalue weighted by molar-refractivity contribution is -0.141. The number of hydrogen-bond donors (Lipinski definition) is 0. The van der Waals surface area contributed by atoms with Crippen molar-refractivity contribution in [2.45, 2.75) is 33.8 Å². The molecule has 0 aliphatic heterocycles. The maximum absolute atomic E-state index is 12.7. The number of hydrogen-bond acceptors (Lipinski definition) is 5. The highest BCUT2D eigenvalue weighted by atomic mass is 16.5. The van der Waals surface area contributed by atoms with Crippen LogP contribution in [-0.4, -0.2) is 25.0 Å². The molecule has 0 radical (unpaired) electrons. The number of ketones is 1. The van der Waals surface area contributed by atoms with Crippen molar-refractivity contribution in [1.29, 1.82) is 5.26 Å². The lowest BCUT2D eigenvalue weighted by atomic mass is 9.96. The second kappa shape index (κ2) is 9.01. The van der Waals surface area contributed by atoms with Crippen LogP contribution in [0.3, 0.4) is 0 Å². The van der Waals surface area contributed by atoms with Crippen LogP contribution in [0.15, 0.2) is 42.0 Å². The predicted octanol–water partition coefficient (Wildman–Crippen LogP) is 4.34. The number of esters is 1. The Labute approximate surface area is 165 Å². The fourth-order valence-electron chi connectivity index (χ4n) is 2.73. The van der Waals surface area contributed by atoms with E-state index in [1.165, 1.54) is 13.0 Å². The molecule has 144 valence electrons. The highest BCUT2D eigenvalue weighted by molar-refractivity contribution is 6.04. The minimum absolute atomic E-state index is 0.179. The Morgan fingerprint density at radius 3 is 2.21 bits per heavy atom. The van der Waals surface area contributed by atoms with Crippen molar-refractivity contribution in [1.82, 2.24) is 0 Å². The van der Waals surface area contributed by atoms with Gasteiger partial charge in [-0.3, -0.25) is 4.79 Å². The molecule has 0 amide bonds. The van der Waals surface area contributed by atoms with E-state index in [0.717, 1.165) is 16.7 Å². The normalized spacial score (nSPS) is 12.1. The number of benzene rings is 2. The summed E-state index contributed by atoms with van der Waals surface area (Å²) in [6.07, 6.45) is 0.418. The number of aryl methyl sites for hydroxylation is 3. The first-order valence-corrected chi connectivity index (χ1v) is 8.85. The maximum atomic E-state index is 12.7. The standard InChI is InChI=1S/C23H23NO4/c1-14-10-16(3)21(11-15(14)2)22(25)17(4)28-23(26)19(13-24)12-18-6-8-20(27-5)9-7-18/h6-12,17H,1-5H3/b19-12+/t17-/m1/s1. The van der Waals surface area contributed by atoms with E-state index in [4.69, 9.17) is 9.47 Å². The Hall–Kier alpha value is -3.39. The topological polar surface area (TPSA) is 76.4 Å². The summed E-state index contributed by atoms with van der Waals surface area (Å²) in [5, 5.41) is 9.31. The van der Waals surface area contributed by atoms with E-state index < -0.39 is 12.1 Å². The molecule has 0 aliphatic carbocycles. The first kappa shape index (κ1) is 20.9. The summed E-state index contributed by atoms with van der Waals surface area (Å²) in [6.45, 7) is 7.26. The van der Waals surface area contributed by atoms with Gasteiger partial charge >= 0.3 is 5.97 Å². The Kier molecular flexibility index (Phi) is 6.73. The van der Waals surface area contributed by atoms with Gasteiger partial charge in [-0.05, 0) is 74.2 Å². The molecule has 28 heavy (non-hydrogen) atoms. The highest BCUT2D eigenvalue weighted by Gasteiger charge is 2.23. The van der Waals surface area contributed by atoms with Gasteiger partial charge < -0.3 is 9.47 Å². The molecule has 0 saturated heterocycles. The van der Waals surface area contributed by atoms with E-state index in [-0.39, 0.29) is 11.4 Å². The molecule has 0 heterocycles. The van der Waals surface area contributed by atoms with E-state index >= 15 is 0 Å². The maximum Gasteiger partial charge on any atom is 0.349 e. The molecule has 0 unspecified atom stereocenters. The molecule has 5 heteroatoms. The van der Waals surface area contributed by atoms with E-state index in [0.29, 0.717) is 16.9 Å². The molecule has 0 fully saturated rings. The molecule has 2 rings (SSSR count). The second-order valence-corrected chi connectivity index (χ2v) is 6.61. The third kappa shape index (κ3) is 4.86. The fraction of sp³-hybridized carbons (Fsp3) is 0.261. The van der Waals surface area contributed by atoms with Crippen LogP contribution in [0, 0.1) is 32.1 Å². The summed E-state index contributed by atoms with van der Waals surface area (Å²) < 4.78 is 10.3. The van der Waals surface area contributed by atoms with Gasteiger partial charge in [0, 0.05) is 5.56 Å². The number of carbonyl (C=O) groups is 2. The van der Waals surface area contributed by atoms with Crippen molar-refractivity contribution in [2.24, 2.45) is 0 Å².